The van der Waals surface area contributed by atoms with E-state index in [9.17, 15) is 14.9 Å². The third-order valence-electron chi connectivity index (χ3n) is 3.62. The number of nitrogens with one attached hydrogen (secondary N) is 3. The van der Waals surface area contributed by atoms with E-state index in [2.05, 4.69) is 16.0 Å². The SMILES string of the molecule is Cc1ccccc1C(=O)NC(NC(=S)Nc1ccccc1[N+](=O)[O-])C(Cl)(Cl)Cl. The van der Waals surface area contributed by atoms with Crippen LogP contribution in [0.1, 0.15) is 15.9 Å². The lowest BCUT2D eigenvalue weighted by Gasteiger charge is -2.28. The third-order valence-corrected chi connectivity index (χ3v) is 4.49. The van der Waals surface area contributed by atoms with Crippen molar-refractivity contribution in [3.8, 4) is 0 Å². The van der Waals surface area contributed by atoms with Gasteiger partial charge in [0.05, 0.1) is 4.92 Å². The van der Waals surface area contributed by atoms with E-state index in [0.29, 0.717) is 5.56 Å². The standard InChI is InChI=1S/C17H15Cl3N4O3S/c1-10-6-2-3-7-11(10)14(25)22-15(17(18,19)20)23-16(28)21-12-8-4-5-9-13(12)24(26)27/h2-9,15H,1H3,(H,22,25)(H2,21,23,28). The van der Waals surface area contributed by atoms with Crippen LogP contribution in [0.15, 0.2) is 48.5 Å². The van der Waals surface area contributed by atoms with Crippen LogP contribution in [-0.4, -0.2) is 25.9 Å². The highest BCUT2D eigenvalue weighted by molar-refractivity contribution is 7.80. The summed E-state index contributed by atoms with van der Waals surface area (Å²) >= 11 is 23.0. The molecule has 0 radical (unpaired) electrons. The fourth-order valence-corrected chi connectivity index (χ4v) is 2.82. The molecule has 28 heavy (non-hydrogen) atoms. The van der Waals surface area contributed by atoms with Gasteiger partial charge < -0.3 is 16.0 Å². The first kappa shape index (κ1) is 22.2. The molecule has 0 aliphatic heterocycles. The lowest BCUT2D eigenvalue weighted by atomic mass is 10.1. The number of benzene rings is 2. The Bertz CT molecular complexity index is 905. The quantitative estimate of drug-likeness (QED) is 0.202. The molecule has 1 amide bonds. The van der Waals surface area contributed by atoms with Gasteiger partial charge >= 0.3 is 0 Å². The summed E-state index contributed by atoms with van der Waals surface area (Å²) in [5.41, 5.74) is 1.11. The minimum Gasteiger partial charge on any atom is -0.339 e. The number of carbonyl (C=O) groups excluding carboxylic acids is 1. The van der Waals surface area contributed by atoms with Gasteiger partial charge in [-0.05, 0) is 36.8 Å². The van der Waals surface area contributed by atoms with E-state index in [0.717, 1.165) is 5.56 Å². The van der Waals surface area contributed by atoms with Crippen LogP contribution in [0.5, 0.6) is 0 Å². The first-order chi connectivity index (χ1) is 13.1. The van der Waals surface area contributed by atoms with Crippen LogP contribution in [0.25, 0.3) is 0 Å². The molecule has 0 fully saturated rings. The molecule has 0 aromatic heterocycles. The van der Waals surface area contributed by atoms with Gasteiger partial charge in [-0.3, -0.25) is 14.9 Å². The number of amides is 1. The first-order valence-electron chi connectivity index (χ1n) is 7.83. The number of nitrogens with zero attached hydrogens (tertiary/aromatic N) is 1. The predicted molar refractivity (Wildman–Crippen MR) is 115 cm³/mol. The Balaban J connectivity index is 2.15. The Hall–Kier alpha value is -2.13. The van der Waals surface area contributed by atoms with Crippen molar-refractivity contribution in [1.29, 1.82) is 0 Å². The predicted octanol–water partition coefficient (Wildman–Crippen LogP) is 4.32. The number of hydrogen-bond donors (Lipinski definition) is 3. The van der Waals surface area contributed by atoms with Gasteiger partial charge in [0.15, 0.2) is 5.11 Å². The molecular formula is C17H15Cl3N4O3S. The van der Waals surface area contributed by atoms with Gasteiger partial charge in [-0.25, -0.2) is 0 Å². The van der Waals surface area contributed by atoms with Crippen LogP contribution in [0.4, 0.5) is 11.4 Å². The smallest absolute Gasteiger partial charge is 0.292 e. The number of nitro groups is 1. The molecule has 0 aliphatic rings. The summed E-state index contributed by atoms with van der Waals surface area (Å²) < 4.78 is -1.95. The molecule has 0 spiro atoms. The second-order valence-corrected chi connectivity index (χ2v) is 8.41. The number of thiocarbonyl (C=S) groups is 1. The molecule has 7 nitrogen and oxygen atoms in total. The van der Waals surface area contributed by atoms with Gasteiger partial charge in [-0.1, -0.05) is 65.1 Å². The maximum Gasteiger partial charge on any atom is 0.292 e. The second-order valence-electron chi connectivity index (χ2n) is 5.64. The zero-order valence-corrected chi connectivity index (χ0v) is 17.5. The minimum absolute atomic E-state index is 0.0734. The number of anilines is 1. The van der Waals surface area contributed by atoms with E-state index >= 15 is 0 Å². The van der Waals surface area contributed by atoms with Crippen molar-refractivity contribution in [3.63, 3.8) is 0 Å². The molecule has 2 aromatic rings. The number of para-hydroxylation sites is 2. The van der Waals surface area contributed by atoms with Crippen LogP contribution in [0.3, 0.4) is 0 Å². The largest absolute Gasteiger partial charge is 0.339 e. The van der Waals surface area contributed by atoms with Gasteiger partial charge in [0.25, 0.3) is 11.6 Å². The van der Waals surface area contributed by atoms with Gasteiger partial charge in [0.1, 0.15) is 11.9 Å². The number of hydrogen-bond acceptors (Lipinski definition) is 4. The number of halogens is 3. The third kappa shape index (κ3) is 5.93. The molecule has 11 heteroatoms. The summed E-state index contributed by atoms with van der Waals surface area (Å²) in [5, 5.41) is 18.9. The van der Waals surface area contributed by atoms with Crippen molar-refractivity contribution in [2.24, 2.45) is 0 Å². The summed E-state index contributed by atoms with van der Waals surface area (Å²) in [6, 6.07) is 12.8. The van der Waals surface area contributed by atoms with Crippen molar-refractivity contribution in [3.05, 3.63) is 69.8 Å². The Kier molecular flexibility index (Phi) is 7.42. The molecular weight excluding hydrogens is 447 g/mol. The summed E-state index contributed by atoms with van der Waals surface area (Å²) in [5.74, 6) is -0.476. The highest BCUT2D eigenvalue weighted by Crippen LogP contribution is 2.30. The fourth-order valence-electron chi connectivity index (χ4n) is 2.26. The van der Waals surface area contributed by atoms with Gasteiger partial charge in [0, 0.05) is 11.6 Å². The fraction of sp³-hybridized carbons (Fsp3) is 0.176. The molecule has 0 heterocycles. The Morgan fingerprint density at radius 3 is 2.32 bits per heavy atom. The second kappa shape index (κ2) is 9.38. The normalized spacial score (nSPS) is 12.0. The van der Waals surface area contributed by atoms with E-state index in [-0.39, 0.29) is 16.5 Å². The van der Waals surface area contributed by atoms with E-state index in [4.69, 9.17) is 47.0 Å². The van der Waals surface area contributed by atoms with Crippen molar-refractivity contribution >= 4 is 69.4 Å². The van der Waals surface area contributed by atoms with Crippen LogP contribution in [-0.2, 0) is 0 Å². The Labute approximate surface area is 181 Å². The Morgan fingerprint density at radius 2 is 1.71 bits per heavy atom. The number of nitro benzene ring substituents is 1. The van der Waals surface area contributed by atoms with E-state index < -0.39 is 20.8 Å². The molecule has 0 bridgehead atoms. The lowest BCUT2D eigenvalue weighted by Crippen LogP contribution is -2.56. The molecule has 148 valence electrons. The van der Waals surface area contributed by atoms with Crippen molar-refractivity contribution in [1.82, 2.24) is 10.6 Å². The van der Waals surface area contributed by atoms with Crippen molar-refractivity contribution < 1.29 is 9.72 Å². The highest BCUT2D eigenvalue weighted by atomic mass is 35.6. The Morgan fingerprint density at radius 1 is 1.11 bits per heavy atom. The van der Waals surface area contributed by atoms with E-state index in [1.807, 2.05) is 0 Å². The topological polar surface area (TPSA) is 96.3 Å². The van der Waals surface area contributed by atoms with Gasteiger partial charge in [-0.15, -0.1) is 0 Å². The van der Waals surface area contributed by atoms with Crippen molar-refractivity contribution in [2.75, 3.05) is 5.32 Å². The highest BCUT2D eigenvalue weighted by Gasteiger charge is 2.35. The summed E-state index contributed by atoms with van der Waals surface area (Å²) in [7, 11) is 0. The average molecular weight is 462 g/mol. The molecule has 3 N–H and O–H groups in total. The first-order valence-corrected chi connectivity index (χ1v) is 9.38. The molecule has 1 atom stereocenters. The minimum atomic E-state index is -1.95. The number of rotatable bonds is 5. The number of alkyl halides is 3. The van der Waals surface area contributed by atoms with Crippen LogP contribution >= 0.6 is 47.0 Å². The zero-order chi connectivity index (χ0) is 20.9. The van der Waals surface area contributed by atoms with E-state index in [1.54, 1.807) is 37.3 Å². The van der Waals surface area contributed by atoms with Crippen LogP contribution in [0, 0.1) is 17.0 Å². The number of aryl methyl sites for hydroxylation is 1. The average Bonchev–Trinajstić information content (AvgIpc) is 2.60. The molecule has 0 saturated carbocycles. The van der Waals surface area contributed by atoms with Gasteiger partial charge in [0.2, 0.25) is 3.79 Å². The molecule has 2 rings (SSSR count). The number of carbonyl (C=O) groups is 1. The molecule has 0 aliphatic carbocycles. The molecule has 2 aromatic carbocycles. The maximum absolute atomic E-state index is 12.5. The van der Waals surface area contributed by atoms with E-state index in [1.165, 1.54) is 18.2 Å². The summed E-state index contributed by atoms with van der Waals surface area (Å²) in [6.45, 7) is 1.77. The van der Waals surface area contributed by atoms with Crippen molar-refractivity contribution in [2.45, 2.75) is 16.9 Å². The lowest BCUT2D eigenvalue weighted by molar-refractivity contribution is -0.383. The maximum atomic E-state index is 12.5. The summed E-state index contributed by atoms with van der Waals surface area (Å²) in [4.78, 5) is 23.1. The van der Waals surface area contributed by atoms with Crippen LogP contribution < -0.4 is 16.0 Å². The van der Waals surface area contributed by atoms with Crippen LogP contribution in [0.2, 0.25) is 0 Å². The monoisotopic (exact) mass is 460 g/mol. The van der Waals surface area contributed by atoms with Gasteiger partial charge in [-0.2, -0.15) is 0 Å². The molecule has 1 unspecified atom stereocenters. The summed E-state index contributed by atoms with van der Waals surface area (Å²) in [6.07, 6.45) is -1.20. The molecule has 0 saturated heterocycles. The zero-order valence-electron chi connectivity index (χ0n) is 14.4.